The van der Waals surface area contributed by atoms with Crippen LogP contribution in [0.15, 0.2) is 69.6 Å². The van der Waals surface area contributed by atoms with E-state index in [-0.39, 0.29) is 0 Å². The van der Waals surface area contributed by atoms with Crippen molar-refractivity contribution < 1.29 is 0 Å². The standard InChI is InChI=1S/C27H20Br2S3/c1-5-14(2)10-17-11-24(30-15(17)3)26-21-13-19(29)7-9-23(21)32-27(26)25-16(4)31-22-8-6-18(28)12-20(22)25/h5-13H,1H2,2-4H3. The number of hydrogen-bond donors (Lipinski definition) is 0. The van der Waals surface area contributed by atoms with Gasteiger partial charge in [0.15, 0.2) is 0 Å². The maximum absolute atomic E-state index is 3.92. The van der Waals surface area contributed by atoms with Crippen molar-refractivity contribution in [2.75, 3.05) is 0 Å². The van der Waals surface area contributed by atoms with Crippen LogP contribution in [0.5, 0.6) is 0 Å². The lowest BCUT2D eigenvalue weighted by Crippen LogP contribution is -1.79. The Balaban J connectivity index is 1.85. The monoisotopic (exact) mass is 598 g/mol. The number of allylic oxidation sites excluding steroid dienone is 2. The third-order valence-corrected chi connectivity index (χ3v) is 9.96. The minimum Gasteiger partial charge on any atom is -0.140 e. The highest BCUT2D eigenvalue weighted by atomic mass is 79.9. The van der Waals surface area contributed by atoms with Crippen LogP contribution in [0.1, 0.15) is 22.2 Å². The Kier molecular flexibility index (Phi) is 6.06. The van der Waals surface area contributed by atoms with Gasteiger partial charge in [0, 0.05) is 59.8 Å². The quantitative estimate of drug-likeness (QED) is 0.180. The van der Waals surface area contributed by atoms with E-state index >= 15 is 0 Å². The molecule has 0 bridgehead atoms. The zero-order valence-electron chi connectivity index (χ0n) is 17.9. The highest BCUT2D eigenvalue weighted by molar-refractivity contribution is 9.10. The summed E-state index contributed by atoms with van der Waals surface area (Å²) in [6.45, 7) is 10.5. The molecule has 0 N–H and O–H groups in total. The number of aryl methyl sites for hydroxylation is 2. The molecule has 0 saturated heterocycles. The lowest BCUT2D eigenvalue weighted by molar-refractivity contribution is 1.53. The first-order chi connectivity index (χ1) is 15.4. The fourth-order valence-corrected chi connectivity index (χ4v) is 8.31. The van der Waals surface area contributed by atoms with Crippen molar-refractivity contribution in [3.05, 3.63) is 85.0 Å². The van der Waals surface area contributed by atoms with E-state index in [4.69, 9.17) is 0 Å². The molecule has 0 fully saturated rings. The number of thiophene rings is 3. The molecule has 160 valence electrons. The molecule has 0 radical (unpaired) electrons. The van der Waals surface area contributed by atoms with E-state index in [9.17, 15) is 0 Å². The number of halogens is 2. The van der Waals surface area contributed by atoms with Crippen LogP contribution in [-0.4, -0.2) is 0 Å². The normalized spacial score (nSPS) is 12.2. The molecule has 0 aliphatic rings. The van der Waals surface area contributed by atoms with Gasteiger partial charge in [0.05, 0.1) is 0 Å². The third kappa shape index (κ3) is 3.88. The molecular weight excluding hydrogens is 580 g/mol. The first-order valence-corrected chi connectivity index (χ1v) is 14.2. The lowest BCUT2D eigenvalue weighted by atomic mass is 10.0. The Labute approximate surface area is 217 Å². The molecule has 32 heavy (non-hydrogen) atoms. The molecule has 0 aliphatic heterocycles. The third-order valence-electron chi connectivity index (χ3n) is 5.61. The second kappa shape index (κ2) is 8.69. The maximum atomic E-state index is 3.92. The van der Waals surface area contributed by atoms with Crippen LogP contribution in [0.3, 0.4) is 0 Å². The molecule has 3 heterocycles. The van der Waals surface area contributed by atoms with Gasteiger partial charge in [-0.25, -0.2) is 0 Å². The Morgan fingerprint density at radius 2 is 1.44 bits per heavy atom. The van der Waals surface area contributed by atoms with Gasteiger partial charge in [0.25, 0.3) is 0 Å². The SMILES string of the molecule is C=CC(C)=Cc1cc(-c2c(-c3c(C)sc4ccc(Br)cc34)sc3ccc(Br)cc23)sc1C. The number of hydrogen-bond acceptors (Lipinski definition) is 3. The zero-order chi connectivity index (χ0) is 22.6. The summed E-state index contributed by atoms with van der Waals surface area (Å²) in [4.78, 5) is 5.37. The fraction of sp³-hybridized carbons (Fsp3) is 0.111. The minimum absolute atomic E-state index is 1.11. The molecule has 0 nitrogen and oxygen atoms in total. The van der Waals surface area contributed by atoms with Crippen LogP contribution >= 0.6 is 65.9 Å². The van der Waals surface area contributed by atoms with Crippen LogP contribution in [0.2, 0.25) is 0 Å². The van der Waals surface area contributed by atoms with Crippen LogP contribution < -0.4 is 0 Å². The summed E-state index contributed by atoms with van der Waals surface area (Å²) in [6, 6.07) is 15.6. The number of rotatable bonds is 4. The van der Waals surface area contributed by atoms with E-state index < -0.39 is 0 Å². The van der Waals surface area contributed by atoms with Crippen LogP contribution in [0.25, 0.3) is 47.1 Å². The van der Waals surface area contributed by atoms with Gasteiger partial charge in [-0.05, 0) is 68.8 Å². The van der Waals surface area contributed by atoms with Crippen molar-refractivity contribution in [1.29, 1.82) is 0 Å². The predicted molar refractivity (Wildman–Crippen MR) is 155 cm³/mol. The molecule has 2 aromatic carbocycles. The molecule has 0 spiro atoms. The summed E-state index contributed by atoms with van der Waals surface area (Å²) in [7, 11) is 0. The second-order valence-corrected chi connectivity index (χ2v) is 13.2. The van der Waals surface area contributed by atoms with E-state index in [1.54, 1.807) is 0 Å². The Morgan fingerprint density at radius 3 is 2.09 bits per heavy atom. The molecule has 0 saturated carbocycles. The summed E-state index contributed by atoms with van der Waals surface area (Å²) in [5.74, 6) is 0. The number of benzene rings is 2. The van der Waals surface area contributed by atoms with Gasteiger partial charge >= 0.3 is 0 Å². The minimum atomic E-state index is 1.11. The van der Waals surface area contributed by atoms with Gasteiger partial charge in [0.2, 0.25) is 0 Å². The van der Waals surface area contributed by atoms with Gasteiger partial charge in [-0.3, -0.25) is 0 Å². The first kappa shape index (κ1) is 22.3. The van der Waals surface area contributed by atoms with Crippen LogP contribution in [0, 0.1) is 13.8 Å². The first-order valence-electron chi connectivity index (χ1n) is 10.2. The average molecular weight is 600 g/mol. The van der Waals surface area contributed by atoms with Gasteiger partial charge in [0.1, 0.15) is 0 Å². The largest absolute Gasteiger partial charge is 0.140 e. The molecule has 0 amide bonds. The second-order valence-electron chi connectivity index (χ2n) is 7.84. The van der Waals surface area contributed by atoms with Crippen LogP contribution in [-0.2, 0) is 0 Å². The van der Waals surface area contributed by atoms with Crippen molar-refractivity contribution in [2.45, 2.75) is 20.8 Å². The van der Waals surface area contributed by atoms with Crippen molar-refractivity contribution in [3.8, 4) is 20.9 Å². The maximum Gasteiger partial charge on any atom is 0.0459 e. The summed E-state index contributed by atoms with van der Waals surface area (Å²) >= 11 is 13.0. The van der Waals surface area contributed by atoms with Gasteiger partial charge in [-0.2, -0.15) is 0 Å². The van der Waals surface area contributed by atoms with E-state index in [1.165, 1.54) is 61.9 Å². The summed E-state index contributed by atoms with van der Waals surface area (Å²) in [6.07, 6.45) is 4.15. The molecule has 0 unspecified atom stereocenters. The van der Waals surface area contributed by atoms with E-state index in [0.717, 1.165) is 8.95 Å². The summed E-state index contributed by atoms with van der Waals surface area (Å²) < 4.78 is 4.88. The average Bonchev–Trinajstić information content (AvgIpc) is 3.39. The van der Waals surface area contributed by atoms with Crippen molar-refractivity contribution in [3.63, 3.8) is 0 Å². The summed E-state index contributed by atoms with van der Waals surface area (Å²) in [5.41, 5.74) is 5.17. The van der Waals surface area contributed by atoms with E-state index in [2.05, 4.69) is 108 Å². The zero-order valence-corrected chi connectivity index (χ0v) is 23.5. The van der Waals surface area contributed by atoms with Crippen LogP contribution in [0.4, 0.5) is 0 Å². The predicted octanol–water partition coefficient (Wildman–Crippen LogP) is 11.2. The number of fused-ring (bicyclic) bond motifs is 2. The van der Waals surface area contributed by atoms with E-state index in [0.29, 0.717) is 0 Å². The summed E-state index contributed by atoms with van der Waals surface area (Å²) in [5, 5.41) is 2.63. The van der Waals surface area contributed by atoms with Gasteiger partial charge in [-0.1, -0.05) is 56.2 Å². The Morgan fingerprint density at radius 1 is 0.812 bits per heavy atom. The molecule has 5 heteroatoms. The van der Waals surface area contributed by atoms with Crippen molar-refractivity contribution in [1.82, 2.24) is 0 Å². The molecule has 0 aliphatic carbocycles. The van der Waals surface area contributed by atoms with Crippen molar-refractivity contribution in [2.24, 2.45) is 0 Å². The Bertz CT molecular complexity index is 1540. The highest BCUT2D eigenvalue weighted by Gasteiger charge is 2.22. The molecule has 3 aromatic heterocycles. The lowest BCUT2D eigenvalue weighted by Gasteiger charge is -2.05. The fourth-order valence-electron chi connectivity index (χ4n) is 4.03. The molecule has 0 atom stereocenters. The van der Waals surface area contributed by atoms with Crippen molar-refractivity contribution >= 4 is 92.1 Å². The van der Waals surface area contributed by atoms with E-state index in [1.807, 2.05) is 40.1 Å². The van der Waals surface area contributed by atoms with Gasteiger partial charge in [-0.15, -0.1) is 34.0 Å². The topological polar surface area (TPSA) is 0 Å². The molecule has 5 aromatic rings. The Hall–Kier alpha value is -1.50. The van der Waals surface area contributed by atoms with Gasteiger partial charge < -0.3 is 0 Å². The molecular formula is C27H20Br2S3. The molecule has 5 rings (SSSR count). The smallest absolute Gasteiger partial charge is 0.0459 e. The highest BCUT2D eigenvalue weighted by Crippen LogP contribution is 2.52.